The lowest BCUT2D eigenvalue weighted by Crippen LogP contribution is -2.30. The van der Waals surface area contributed by atoms with Crippen LogP contribution in [-0.2, 0) is 9.53 Å². The molecule has 0 fully saturated rings. The number of hydrogen-bond acceptors (Lipinski definition) is 5. The zero-order chi connectivity index (χ0) is 18.4. The Bertz CT molecular complexity index is 761. The Hall–Kier alpha value is -2.73. The molecule has 1 amide bonds. The first-order valence-corrected chi connectivity index (χ1v) is 7.82. The van der Waals surface area contributed by atoms with E-state index >= 15 is 0 Å². The molecule has 0 saturated heterocycles. The van der Waals surface area contributed by atoms with Crippen LogP contribution >= 0.6 is 11.6 Å². The molecule has 132 valence electrons. The highest BCUT2D eigenvalue weighted by Gasteiger charge is 2.19. The van der Waals surface area contributed by atoms with E-state index in [2.05, 4.69) is 5.32 Å². The fraction of sp³-hybridized carbons (Fsp3) is 0.222. The highest BCUT2D eigenvalue weighted by Crippen LogP contribution is 2.27. The van der Waals surface area contributed by atoms with Gasteiger partial charge in [-0.25, -0.2) is 4.79 Å². The van der Waals surface area contributed by atoms with E-state index in [4.69, 9.17) is 25.8 Å². The minimum absolute atomic E-state index is 0.327. The second kappa shape index (κ2) is 8.39. The molecule has 0 aliphatic rings. The van der Waals surface area contributed by atoms with Crippen LogP contribution in [0.5, 0.6) is 11.5 Å². The van der Waals surface area contributed by atoms with Gasteiger partial charge in [0.2, 0.25) is 0 Å². The SMILES string of the molecule is COc1ccc(C(=O)O[C@@H](C)C(=O)Nc2ccc(OC)c(Cl)c2)cc1. The lowest BCUT2D eigenvalue weighted by atomic mass is 10.2. The van der Waals surface area contributed by atoms with Gasteiger partial charge in [-0.15, -0.1) is 0 Å². The summed E-state index contributed by atoms with van der Waals surface area (Å²) < 4.78 is 15.2. The van der Waals surface area contributed by atoms with Gasteiger partial charge in [0, 0.05) is 5.69 Å². The van der Waals surface area contributed by atoms with Crippen LogP contribution in [0.3, 0.4) is 0 Å². The van der Waals surface area contributed by atoms with Crippen LogP contribution in [0.2, 0.25) is 5.02 Å². The van der Waals surface area contributed by atoms with E-state index in [0.717, 1.165) is 0 Å². The third-order valence-corrected chi connectivity index (χ3v) is 3.69. The van der Waals surface area contributed by atoms with Crippen molar-refractivity contribution in [3.8, 4) is 11.5 Å². The van der Waals surface area contributed by atoms with Gasteiger partial charge in [-0.1, -0.05) is 11.6 Å². The molecule has 0 aliphatic carbocycles. The van der Waals surface area contributed by atoms with E-state index in [-0.39, 0.29) is 0 Å². The Morgan fingerprint density at radius 2 is 1.72 bits per heavy atom. The third kappa shape index (κ3) is 4.87. The van der Waals surface area contributed by atoms with Gasteiger partial charge in [0.25, 0.3) is 5.91 Å². The van der Waals surface area contributed by atoms with Crippen molar-refractivity contribution in [2.45, 2.75) is 13.0 Å². The van der Waals surface area contributed by atoms with Crippen LogP contribution in [-0.4, -0.2) is 32.2 Å². The molecule has 0 saturated carbocycles. The summed E-state index contributed by atoms with van der Waals surface area (Å²) in [5.41, 5.74) is 0.802. The summed E-state index contributed by atoms with van der Waals surface area (Å²) >= 11 is 6.01. The standard InChI is InChI=1S/C18H18ClNO5/c1-11(25-18(22)12-4-7-14(23-2)8-5-12)17(21)20-13-6-9-16(24-3)15(19)10-13/h4-11H,1-3H3,(H,20,21)/t11-/m0/s1. The van der Waals surface area contributed by atoms with Gasteiger partial charge < -0.3 is 19.5 Å². The first-order valence-electron chi connectivity index (χ1n) is 7.44. The molecule has 0 radical (unpaired) electrons. The van der Waals surface area contributed by atoms with Gasteiger partial charge in [-0.2, -0.15) is 0 Å². The summed E-state index contributed by atoms with van der Waals surface area (Å²) in [5.74, 6) is 0.0542. The Morgan fingerprint density at radius 3 is 2.28 bits per heavy atom. The van der Waals surface area contributed by atoms with E-state index < -0.39 is 18.0 Å². The topological polar surface area (TPSA) is 73.9 Å². The Balaban J connectivity index is 1.97. The number of ether oxygens (including phenoxy) is 3. The summed E-state index contributed by atoms with van der Waals surface area (Å²) in [5, 5.41) is 3.00. The summed E-state index contributed by atoms with van der Waals surface area (Å²) in [6.07, 6.45) is -0.976. The van der Waals surface area contributed by atoms with E-state index in [1.807, 2.05) is 0 Å². The number of esters is 1. The molecule has 25 heavy (non-hydrogen) atoms. The van der Waals surface area contributed by atoms with Crippen molar-refractivity contribution in [1.29, 1.82) is 0 Å². The van der Waals surface area contributed by atoms with Gasteiger partial charge >= 0.3 is 5.97 Å². The second-order valence-corrected chi connectivity index (χ2v) is 5.52. The van der Waals surface area contributed by atoms with Crippen LogP contribution in [0.1, 0.15) is 17.3 Å². The molecular weight excluding hydrogens is 346 g/mol. The molecule has 1 N–H and O–H groups in total. The fourth-order valence-corrected chi connectivity index (χ4v) is 2.25. The maximum atomic E-state index is 12.2. The monoisotopic (exact) mass is 363 g/mol. The first-order chi connectivity index (χ1) is 11.9. The molecule has 0 bridgehead atoms. The van der Waals surface area contributed by atoms with Crippen LogP contribution in [0.15, 0.2) is 42.5 Å². The van der Waals surface area contributed by atoms with Crippen molar-refractivity contribution in [2.75, 3.05) is 19.5 Å². The van der Waals surface area contributed by atoms with Gasteiger partial charge in [0.1, 0.15) is 11.5 Å². The number of benzene rings is 2. The van der Waals surface area contributed by atoms with Crippen LogP contribution in [0.25, 0.3) is 0 Å². The van der Waals surface area contributed by atoms with E-state index in [0.29, 0.717) is 27.8 Å². The zero-order valence-corrected chi connectivity index (χ0v) is 14.8. The molecule has 0 aliphatic heterocycles. The number of halogens is 1. The Kier molecular flexibility index (Phi) is 6.25. The first kappa shape index (κ1) is 18.6. The van der Waals surface area contributed by atoms with Gasteiger partial charge in [-0.3, -0.25) is 4.79 Å². The van der Waals surface area contributed by atoms with E-state index in [9.17, 15) is 9.59 Å². The number of nitrogens with one attached hydrogen (secondary N) is 1. The Morgan fingerprint density at radius 1 is 1.04 bits per heavy atom. The minimum Gasteiger partial charge on any atom is -0.497 e. The van der Waals surface area contributed by atoms with Crippen LogP contribution in [0, 0.1) is 0 Å². The van der Waals surface area contributed by atoms with Crippen LogP contribution in [0.4, 0.5) is 5.69 Å². The maximum absolute atomic E-state index is 12.2. The summed E-state index contributed by atoms with van der Waals surface area (Å²) in [6.45, 7) is 1.49. The van der Waals surface area contributed by atoms with Crippen LogP contribution < -0.4 is 14.8 Å². The van der Waals surface area contributed by atoms with Crippen molar-refractivity contribution >= 4 is 29.2 Å². The highest BCUT2D eigenvalue weighted by atomic mass is 35.5. The molecule has 6 nitrogen and oxygen atoms in total. The molecule has 7 heteroatoms. The predicted octanol–water partition coefficient (Wildman–Crippen LogP) is 3.54. The van der Waals surface area contributed by atoms with Gasteiger partial charge in [-0.05, 0) is 49.4 Å². The lowest BCUT2D eigenvalue weighted by Gasteiger charge is -2.14. The molecule has 1 atom stereocenters. The molecule has 0 unspecified atom stereocenters. The number of hydrogen-bond donors (Lipinski definition) is 1. The van der Waals surface area contributed by atoms with Crippen molar-refractivity contribution < 1.29 is 23.8 Å². The fourth-order valence-electron chi connectivity index (χ4n) is 2.00. The normalized spacial score (nSPS) is 11.4. The summed E-state index contributed by atoms with van der Waals surface area (Å²) in [7, 11) is 3.03. The smallest absolute Gasteiger partial charge is 0.338 e. The van der Waals surface area contributed by atoms with E-state index in [1.54, 1.807) is 42.5 Å². The van der Waals surface area contributed by atoms with Gasteiger partial charge in [0.15, 0.2) is 6.10 Å². The third-order valence-electron chi connectivity index (χ3n) is 3.40. The average Bonchev–Trinajstić information content (AvgIpc) is 2.61. The average molecular weight is 364 g/mol. The maximum Gasteiger partial charge on any atom is 0.338 e. The minimum atomic E-state index is -0.976. The molecule has 0 heterocycles. The summed E-state index contributed by atoms with van der Waals surface area (Å²) in [4.78, 5) is 24.2. The number of carbonyl (C=O) groups is 2. The molecule has 2 aromatic carbocycles. The second-order valence-electron chi connectivity index (χ2n) is 5.11. The number of methoxy groups -OCH3 is 2. The zero-order valence-electron chi connectivity index (χ0n) is 14.0. The molecule has 2 aromatic rings. The lowest BCUT2D eigenvalue weighted by molar-refractivity contribution is -0.123. The molecular formula is C18H18ClNO5. The largest absolute Gasteiger partial charge is 0.497 e. The molecule has 2 rings (SSSR count). The molecule has 0 spiro atoms. The number of rotatable bonds is 6. The molecule has 0 aromatic heterocycles. The van der Waals surface area contributed by atoms with Crippen molar-refractivity contribution in [2.24, 2.45) is 0 Å². The predicted molar refractivity (Wildman–Crippen MR) is 94.5 cm³/mol. The Labute approximate surface area is 150 Å². The summed E-state index contributed by atoms with van der Waals surface area (Å²) in [6, 6.07) is 11.2. The van der Waals surface area contributed by atoms with Crippen molar-refractivity contribution in [3.63, 3.8) is 0 Å². The van der Waals surface area contributed by atoms with Crippen molar-refractivity contribution in [3.05, 3.63) is 53.1 Å². The van der Waals surface area contributed by atoms with E-state index in [1.165, 1.54) is 21.1 Å². The quantitative estimate of drug-likeness (QED) is 0.794. The van der Waals surface area contributed by atoms with Crippen molar-refractivity contribution in [1.82, 2.24) is 0 Å². The van der Waals surface area contributed by atoms with Gasteiger partial charge in [0.05, 0.1) is 24.8 Å². The number of anilines is 1. The highest BCUT2D eigenvalue weighted by molar-refractivity contribution is 6.32. The number of carbonyl (C=O) groups excluding carboxylic acids is 2. The number of amides is 1.